The van der Waals surface area contributed by atoms with E-state index in [0.29, 0.717) is 0 Å². The van der Waals surface area contributed by atoms with Crippen molar-refractivity contribution in [2.45, 2.75) is 61.3 Å². The Balaban J connectivity index is 0.000000360. The van der Waals surface area contributed by atoms with Crippen molar-refractivity contribution < 1.29 is 94.8 Å². The van der Waals surface area contributed by atoms with E-state index >= 15 is 0 Å². The van der Waals surface area contributed by atoms with Gasteiger partial charge in [-0.1, -0.05) is 168 Å². The van der Waals surface area contributed by atoms with Gasteiger partial charge in [0.2, 0.25) is 0 Å². The molecule has 0 radical (unpaired) electrons. The van der Waals surface area contributed by atoms with E-state index in [-0.39, 0.29) is 78.8 Å². The van der Waals surface area contributed by atoms with Crippen molar-refractivity contribution >= 4 is 11.4 Å². The molecule has 0 aliphatic rings. The van der Waals surface area contributed by atoms with Crippen LogP contribution in [0.3, 0.4) is 0 Å². The molecule has 0 bridgehead atoms. The minimum absolute atomic E-state index is 0. The number of para-hydroxylation sites is 2. The number of pyridine rings is 8. The summed E-state index contributed by atoms with van der Waals surface area (Å²) < 4.78 is 34.0. The maximum absolute atomic E-state index is 8.49. The summed E-state index contributed by atoms with van der Waals surface area (Å²) in [4.78, 5) is 42.6. The number of hydrogen-bond acceptors (Lipinski definition) is 12. The molecule has 0 aliphatic heterocycles. The van der Waals surface area contributed by atoms with Crippen LogP contribution in [0.15, 0.2) is 358 Å². The molecule has 8 heterocycles. The molecule has 0 N–H and O–H groups in total. The fraction of sp³-hybridized carbons (Fsp3) is 0.0874. The van der Waals surface area contributed by atoms with E-state index in [1.807, 2.05) is 349 Å². The van der Waals surface area contributed by atoms with Crippen molar-refractivity contribution in [2.75, 3.05) is 0 Å². The molecule has 0 unspecified atom stereocenters. The Bertz CT molecular complexity index is 5030. The Morgan fingerprint density at radius 1 is 0.287 bits per heavy atom. The molecule has 0 spiro atoms. The fourth-order valence-electron chi connectivity index (χ4n) is 10.7. The third kappa shape index (κ3) is 36.0. The maximum Gasteiger partial charge on any atom is 2.00 e. The number of nitrogens with zero attached hydrogens (tertiary/aromatic N) is 10. The molecule has 0 saturated carbocycles. The normalized spacial score (nSPS) is 9.57. The van der Waals surface area contributed by atoms with Gasteiger partial charge in [-0.25, -0.2) is 28.3 Å². The molecule has 19 heteroatoms. The van der Waals surface area contributed by atoms with Gasteiger partial charge in [0.15, 0.2) is 11.4 Å². The number of benzene rings is 8. The maximum atomic E-state index is 8.49. The van der Waals surface area contributed by atoms with E-state index in [4.69, 9.17) is 44.6 Å². The van der Waals surface area contributed by atoms with Crippen molar-refractivity contribution in [3.63, 3.8) is 0 Å². The minimum Gasteiger partial charge on any atom is -0.366 e. The number of aryl methyl sites for hydroxylation is 4. The summed E-state index contributed by atoms with van der Waals surface area (Å²) in [7, 11) is -4.94. The van der Waals surface area contributed by atoms with E-state index in [0.717, 1.165) is 135 Å². The quantitative estimate of drug-likeness (QED) is 0.0792. The molecule has 0 atom stereocenters. The summed E-state index contributed by atoms with van der Waals surface area (Å²) in [6.07, 6.45) is 20.7. The second kappa shape index (κ2) is 55.8. The van der Waals surface area contributed by atoms with Crippen molar-refractivity contribution in [3.05, 3.63) is 457 Å². The second-order valence-corrected chi connectivity index (χ2v) is 26.9. The zero-order valence-corrected chi connectivity index (χ0v) is 71.5. The predicted octanol–water partition coefficient (Wildman–Crippen LogP) is 20.6. The minimum atomic E-state index is -4.94. The van der Waals surface area contributed by atoms with Gasteiger partial charge in [-0.3, -0.25) is 51.7 Å². The molecule has 16 aromatic rings. The monoisotopic (exact) mass is 1790 g/mol. The Hall–Kier alpha value is -12.8. The third-order valence-electron chi connectivity index (χ3n) is 16.6. The smallest absolute Gasteiger partial charge is 0.366 e. The summed E-state index contributed by atoms with van der Waals surface area (Å²) in [6.45, 7) is 28.1. The second-order valence-electron chi connectivity index (χ2n) is 26.1. The van der Waals surface area contributed by atoms with E-state index in [2.05, 4.69) is 119 Å². The first-order chi connectivity index (χ1) is 56.7. The van der Waals surface area contributed by atoms with Crippen LogP contribution in [0, 0.1) is 100 Å². The number of rotatable bonds is 8. The Morgan fingerprint density at radius 2 is 0.508 bits per heavy atom. The average molecular weight is 1800 g/mol. The van der Waals surface area contributed by atoms with E-state index in [9.17, 15) is 0 Å². The van der Waals surface area contributed by atoms with Crippen LogP contribution in [0.5, 0.6) is 0 Å². The number of halogens is 1. The van der Waals surface area contributed by atoms with Gasteiger partial charge < -0.3 is 12.8 Å². The first-order valence-corrected chi connectivity index (χ1v) is 37.9. The van der Waals surface area contributed by atoms with Gasteiger partial charge in [0.1, 0.15) is 0 Å². The van der Waals surface area contributed by atoms with Crippen molar-refractivity contribution in [1.29, 1.82) is 0 Å². The molecule has 0 fully saturated rings. The van der Waals surface area contributed by atoms with E-state index in [1.165, 1.54) is 5.56 Å². The number of hydrogen-bond donors (Lipinski definition) is 0. The Morgan fingerprint density at radius 3 is 0.705 bits per heavy atom. The zero-order chi connectivity index (χ0) is 83.5. The molecule has 14 nitrogen and oxygen atoms in total. The Labute approximate surface area is 761 Å². The van der Waals surface area contributed by atoms with Gasteiger partial charge >= 0.3 is 66.0 Å². The van der Waals surface area contributed by atoms with Gasteiger partial charge in [0.25, 0.3) is 0 Å². The van der Waals surface area contributed by atoms with Crippen LogP contribution in [-0.2, 0) is 71.4 Å². The van der Waals surface area contributed by atoms with Gasteiger partial charge in [-0.05, 0) is 156 Å². The SMILES string of the molecule is C.[C-]#Cc1ccc(C(C)(C)C)cc1.[C-]#Cc1ccccc1.[C-]#[N+]c1c(C)cccc1C.[C-]#[N+]c1c(C)cccc1C.[Ni+2].[Ni+2].[Ni+2].[Ni+2].[O-][Cl+3]([O-])([O-])[O-].[c-]1ccccc1-c1cccc(-c2ccccn2)n1.[c-]1ccccc1-c1cccc(-c2ccccn2)n1.[c-]1ccccc1-c1cccc(-c2ccccn2)n1.[c-]1ccccc1-c1cccc(-c2ccccn2)n1. The molecule has 0 amide bonds. The summed E-state index contributed by atoms with van der Waals surface area (Å²) in [5.74, 6) is 4.63. The van der Waals surface area contributed by atoms with Gasteiger partial charge in [0, 0.05) is 24.8 Å². The van der Waals surface area contributed by atoms with Crippen LogP contribution in [0.25, 0.3) is 100 Å². The molecule has 8 aromatic heterocycles. The zero-order valence-electron chi connectivity index (χ0n) is 66.8. The van der Waals surface area contributed by atoms with Crippen molar-refractivity contribution in [2.24, 2.45) is 0 Å². The summed E-state index contributed by atoms with van der Waals surface area (Å²) >= 11 is 0. The van der Waals surface area contributed by atoms with E-state index < -0.39 is 10.2 Å². The van der Waals surface area contributed by atoms with Crippen molar-refractivity contribution in [3.8, 4) is 102 Å². The molecule has 8 aromatic carbocycles. The first kappa shape index (κ1) is 103. The Kier molecular flexibility index (Phi) is 47.3. The molecule has 122 heavy (non-hydrogen) atoms. The van der Waals surface area contributed by atoms with Crippen LogP contribution in [0.2, 0.25) is 0 Å². The molecule has 0 aliphatic carbocycles. The molecule has 616 valence electrons. The van der Waals surface area contributed by atoms with Crippen molar-refractivity contribution in [1.82, 2.24) is 39.9 Å². The molecular formula is C103H84ClN10Ni4O4+. The van der Waals surface area contributed by atoms with Crippen LogP contribution in [0.1, 0.15) is 67.1 Å². The first-order valence-electron chi connectivity index (χ1n) is 36.6. The van der Waals surface area contributed by atoms with Gasteiger partial charge in [0.05, 0.1) is 58.7 Å². The standard InChI is InChI=1S/4C16H11N2.C12H13.2C9H9N.C8H5.CH4.ClHO4.4Ni/c4*1-2-7-13(8-3-1)14-10-6-11-16(18-14)15-9-4-5-12-17-15;1-5-10-6-8-11(9-7-10)12(2,3)4;2*1-7-5-4-6-8(2)9(7)10-3;1-2-8-6-4-3-5-7-8;;2-1(3,4)5;;;;/h4*1-7,9-12H;6-9H,2-4H3;2*4-6H,1-2H3;3-7H;1H4;(H,2,3,4,5);;;;/q5*-1;;;-1;;;4*+2/p-1. The number of aromatic nitrogens is 8. The summed E-state index contributed by atoms with van der Waals surface area (Å²) in [6, 6.07) is 120. The predicted molar refractivity (Wildman–Crippen MR) is 462 cm³/mol. The average Bonchev–Trinajstić information content (AvgIpc) is 0.843. The summed E-state index contributed by atoms with van der Waals surface area (Å²) in [5, 5.41) is 0. The van der Waals surface area contributed by atoms with Crippen LogP contribution < -0.4 is 18.6 Å². The van der Waals surface area contributed by atoms with E-state index in [1.54, 1.807) is 24.8 Å². The van der Waals surface area contributed by atoms with Crippen LogP contribution in [-0.4, -0.2) is 39.9 Å². The molecule has 16 rings (SSSR count). The summed E-state index contributed by atoms with van der Waals surface area (Å²) in [5.41, 5.74) is 23.7. The topological polar surface area (TPSA) is 204 Å². The molecule has 0 saturated heterocycles. The van der Waals surface area contributed by atoms with Crippen LogP contribution >= 0.6 is 0 Å². The molecular weight excluding hydrogens is 1710 g/mol. The third-order valence-corrected chi connectivity index (χ3v) is 16.6. The van der Waals surface area contributed by atoms with Crippen LogP contribution in [0.4, 0.5) is 11.4 Å². The largest absolute Gasteiger partial charge is 2.00 e. The van der Waals surface area contributed by atoms with Gasteiger partial charge in [-0.15, -0.1) is 189 Å². The van der Waals surface area contributed by atoms with Gasteiger partial charge in [-0.2, -0.15) is 0 Å². The fourth-order valence-corrected chi connectivity index (χ4v) is 10.7.